The van der Waals surface area contributed by atoms with Crippen LogP contribution in [0.25, 0.3) is 0 Å². The standard InChI is InChI=1S/C16H23N3O3S/c1-4-21-16(20)18-15(23)17-13-5-7-14(8-6-13)19-9-11(2)22-12(3)10-19/h5-8,11-12H,4,9-10H2,1-3H3,(H2,17,18,20,23)/t11-,12+. The Morgan fingerprint density at radius 3 is 2.48 bits per heavy atom. The van der Waals surface area contributed by atoms with Gasteiger partial charge in [-0.15, -0.1) is 0 Å². The quantitative estimate of drug-likeness (QED) is 0.827. The van der Waals surface area contributed by atoms with Crippen molar-refractivity contribution in [2.45, 2.75) is 33.0 Å². The van der Waals surface area contributed by atoms with Gasteiger partial charge in [0.2, 0.25) is 0 Å². The number of nitrogens with one attached hydrogen (secondary N) is 2. The molecule has 2 atom stereocenters. The van der Waals surface area contributed by atoms with Gasteiger partial charge in [-0.25, -0.2) is 4.79 Å². The van der Waals surface area contributed by atoms with Gasteiger partial charge in [0.15, 0.2) is 5.11 Å². The first-order valence-electron chi connectivity index (χ1n) is 7.73. The summed E-state index contributed by atoms with van der Waals surface area (Å²) in [5.41, 5.74) is 1.95. The Morgan fingerprint density at radius 1 is 1.30 bits per heavy atom. The smallest absolute Gasteiger partial charge is 0.413 e. The van der Waals surface area contributed by atoms with E-state index in [0.717, 1.165) is 24.5 Å². The topological polar surface area (TPSA) is 62.8 Å². The highest BCUT2D eigenvalue weighted by atomic mass is 32.1. The first-order chi connectivity index (χ1) is 11.0. The molecule has 23 heavy (non-hydrogen) atoms. The second-order valence-corrected chi connectivity index (χ2v) is 5.92. The van der Waals surface area contributed by atoms with Gasteiger partial charge in [-0.3, -0.25) is 5.32 Å². The first kappa shape index (κ1) is 17.5. The molecular weight excluding hydrogens is 314 g/mol. The first-order valence-corrected chi connectivity index (χ1v) is 8.14. The molecule has 0 radical (unpaired) electrons. The Hall–Kier alpha value is -1.86. The maximum atomic E-state index is 11.3. The summed E-state index contributed by atoms with van der Waals surface area (Å²) < 4.78 is 10.5. The number of morpholine rings is 1. The van der Waals surface area contributed by atoms with Gasteiger partial charge < -0.3 is 19.7 Å². The zero-order chi connectivity index (χ0) is 16.8. The van der Waals surface area contributed by atoms with Crippen molar-refractivity contribution in [3.63, 3.8) is 0 Å². The van der Waals surface area contributed by atoms with E-state index in [9.17, 15) is 4.79 Å². The highest BCUT2D eigenvalue weighted by Crippen LogP contribution is 2.22. The van der Waals surface area contributed by atoms with Crippen molar-refractivity contribution in [3.8, 4) is 0 Å². The Morgan fingerprint density at radius 2 is 1.91 bits per heavy atom. The van der Waals surface area contributed by atoms with Crippen LogP contribution in [0, 0.1) is 0 Å². The normalized spacial score (nSPS) is 20.7. The van der Waals surface area contributed by atoms with Crippen LogP contribution in [0.2, 0.25) is 0 Å². The van der Waals surface area contributed by atoms with Gasteiger partial charge in [-0.05, 0) is 57.3 Å². The van der Waals surface area contributed by atoms with Crippen molar-refractivity contribution in [2.24, 2.45) is 0 Å². The minimum absolute atomic E-state index is 0.213. The monoisotopic (exact) mass is 337 g/mol. The molecular formula is C16H23N3O3S. The number of benzene rings is 1. The molecule has 0 unspecified atom stereocenters. The van der Waals surface area contributed by atoms with E-state index in [1.54, 1.807) is 6.92 Å². The summed E-state index contributed by atoms with van der Waals surface area (Å²) in [4.78, 5) is 13.6. The molecule has 1 aliphatic rings. The molecule has 1 amide bonds. The maximum absolute atomic E-state index is 11.3. The lowest BCUT2D eigenvalue weighted by atomic mass is 10.2. The van der Waals surface area contributed by atoms with Crippen molar-refractivity contribution in [2.75, 3.05) is 29.9 Å². The summed E-state index contributed by atoms with van der Waals surface area (Å²) in [7, 11) is 0. The molecule has 2 N–H and O–H groups in total. The summed E-state index contributed by atoms with van der Waals surface area (Å²) in [6.45, 7) is 7.96. The summed E-state index contributed by atoms with van der Waals surface area (Å²) >= 11 is 5.07. The van der Waals surface area contributed by atoms with Crippen LogP contribution in [0.4, 0.5) is 16.2 Å². The van der Waals surface area contributed by atoms with Crippen LogP contribution in [0.5, 0.6) is 0 Å². The lowest BCUT2D eigenvalue weighted by molar-refractivity contribution is -0.00521. The van der Waals surface area contributed by atoms with Gasteiger partial charge in [0.1, 0.15) is 0 Å². The number of nitrogens with zero attached hydrogens (tertiary/aromatic N) is 1. The minimum atomic E-state index is -0.557. The fourth-order valence-corrected chi connectivity index (χ4v) is 2.77. The Labute approximate surface area is 142 Å². The number of hydrogen-bond acceptors (Lipinski definition) is 5. The van der Waals surface area contributed by atoms with E-state index in [1.165, 1.54) is 0 Å². The number of amides is 1. The predicted octanol–water partition coefficient (Wildman–Crippen LogP) is 2.74. The molecule has 1 fully saturated rings. The zero-order valence-corrected chi connectivity index (χ0v) is 14.5. The van der Waals surface area contributed by atoms with E-state index >= 15 is 0 Å². The van der Waals surface area contributed by atoms with E-state index < -0.39 is 6.09 Å². The number of ether oxygens (including phenoxy) is 2. The van der Waals surface area contributed by atoms with Crippen LogP contribution in [0.15, 0.2) is 24.3 Å². The molecule has 0 aliphatic carbocycles. The Bertz CT molecular complexity index is 540. The number of alkyl carbamates (subject to hydrolysis) is 1. The molecule has 0 bridgehead atoms. The average Bonchev–Trinajstić information content (AvgIpc) is 2.47. The Kier molecular flexibility index (Phi) is 6.18. The number of rotatable bonds is 3. The molecule has 126 valence electrons. The van der Waals surface area contributed by atoms with Crippen LogP contribution >= 0.6 is 12.2 Å². The third-order valence-corrected chi connectivity index (χ3v) is 3.61. The van der Waals surface area contributed by atoms with Gasteiger partial charge in [-0.1, -0.05) is 0 Å². The summed E-state index contributed by atoms with van der Waals surface area (Å²) in [5.74, 6) is 0. The van der Waals surface area contributed by atoms with E-state index in [2.05, 4.69) is 29.4 Å². The molecule has 1 saturated heterocycles. The fourth-order valence-electron chi connectivity index (χ4n) is 2.57. The molecule has 0 aromatic heterocycles. The van der Waals surface area contributed by atoms with Crippen LogP contribution in [-0.2, 0) is 9.47 Å². The lowest BCUT2D eigenvalue weighted by Crippen LogP contribution is -2.45. The summed E-state index contributed by atoms with van der Waals surface area (Å²) in [6, 6.07) is 7.92. The van der Waals surface area contributed by atoms with Crippen molar-refractivity contribution >= 4 is 34.8 Å². The highest BCUT2D eigenvalue weighted by molar-refractivity contribution is 7.80. The SMILES string of the molecule is CCOC(=O)NC(=S)Nc1ccc(N2C[C@@H](C)O[C@@H](C)C2)cc1. The second kappa shape index (κ2) is 8.12. The van der Waals surface area contributed by atoms with Crippen molar-refractivity contribution in [3.05, 3.63) is 24.3 Å². The highest BCUT2D eigenvalue weighted by Gasteiger charge is 2.22. The predicted molar refractivity (Wildman–Crippen MR) is 95.0 cm³/mol. The average molecular weight is 337 g/mol. The third-order valence-electron chi connectivity index (χ3n) is 3.40. The zero-order valence-electron chi connectivity index (χ0n) is 13.7. The van der Waals surface area contributed by atoms with Gasteiger partial charge >= 0.3 is 6.09 Å². The van der Waals surface area contributed by atoms with Crippen molar-refractivity contribution in [1.29, 1.82) is 0 Å². The number of carbonyl (C=O) groups excluding carboxylic acids is 1. The number of hydrogen-bond donors (Lipinski definition) is 2. The van der Waals surface area contributed by atoms with E-state index in [-0.39, 0.29) is 17.3 Å². The van der Waals surface area contributed by atoms with E-state index in [1.807, 2.05) is 24.3 Å². The molecule has 2 rings (SSSR count). The van der Waals surface area contributed by atoms with Crippen molar-refractivity contribution in [1.82, 2.24) is 5.32 Å². The number of anilines is 2. The molecule has 0 spiro atoms. The molecule has 1 aliphatic heterocycles. The Balaban J connectivity index is 1.91. The van der Waals surface area contributed by atoms with Gasteiger partial charge in [0, 0.05) is 24.5 Å². The molecule has 1 aromatic carbocycles. The summed E-state index contributed by atoms with van der Waals surface area (Å²) in [6.07, 6.45) is -0.117. The van der Waals surface area contributed by atoms with E-state index in [4.69, 9.17) is 21.7 Å². The molecule has 1 aromatic rings. The van der Waals surface area contributed by atoms with Gasteiger partial charge in [-0.2, -0.15) is 0 Å². The van der Waals surface area contributed by atoms with Crippen LogP contribution < -0.4 is 15.5 Å². The van der Waals surface area contributed by atoms with Crippen molar-refractivity contribution < 1.29 is 14.3 Å². The molecule has 0 saturated carbocycles. The molecule has 7 heteroatoms. The third kappa shape index (κ3) is 5.37. The van der Waals surface area contributed by atoms with Crippen LogP contribution in [0.3, 0.4) is 0 Å². The lowest BCUT2D eigenvalue weighted by Gasteiger charge is -2.36. The summed E-state index contributed by atoms with van der Waals surface area (Å²) in [5, 5.41) is 5.62. The largest absolute Gasteiger partial charge is 0.450 e. The van der Waals surface area contributed by atoms with E-state index in [0.29, 0.717) is 6.61 Å². The number of thiocarbonyl (C=S) groups is 1. The maximum Gasteiger partial charge on any atom is 0.413 e. The van der Waals surface area contributed by atoms with Crippen LogP contribution in [0.1, 0.15) is 20.8 Å². The molecule has 1 heterocycles. The number of carbonyl (C=O) groups is 1. The van der Waals surface area contributed by atoms with Crippen LogP contribution in [-0.4, -0.2) is 43.1 Å². The minimum Gasteiger partial charge on any atom is -0.450 e. The van der Waals surface area contributed by atoms with Gasteiger partial charge in [0.25, 0.3) is 0 Å². The fraction of sp³-hybridized carbons (Fsp3) is 0.500. The second-order valence-electron chi connectivity index (χ2n) is 5.51. The van der Waals surface area contributed by atoms with Gasteiger partial charge in [0.05, 0.1) is 18.8 Å². The molecule has 6 nitrogen and oxygen atoms in total.